The van der Waals surface area contributed by atoms with Crippen LogP contribution in [0.4, 0.5) is 10.1 Å². The van der Waals surface area contributed by atoms with E-state index in [4.69, 9.17) is 4.74 Å². The number of carbonyl (C=O) groups excluding carboxylic acids is 1. The minimum Gasteiger partial charge on any atom is -0.491 e. The second-order valence-corrected chi connectivity index (χ2v) is 4.92. The van der Waals surface area contributed by atoms with Crippen molar-refractivity contribution in [3.05, 3.63) is 24.0 Å². The molecular formula is C15H21FN2O2. The molecule has 1 aliphatic heterocycles. The Kier molecular flexibility index (Phi) is 5.35. The molecule has 5 heteroatoms. The van der Waals surface area contributed by atoms with Crippen LogP contribution in [0.15, 0.2) is 18.2 Å². The molecule has 1 atom stereocenters. The lowest BCUT2D eigenvalue weighted by Gasteiger charge is -2.16. The third kappa shape index (κ3) is 3.93. The van der Waals surface area contributed by atoms with Gasteiger partial charge in [-0.1, -0.05) is 12.8 Å². The van der Waals surface area contributed by atoms with Gasteiger partial charge in [0.1, 0.15) is 0 Å². The maximum absolute atomic E-state index is 13.7. The largest absolute Gasteiger partial charge is 0.491 e. The first-order chi connectivity index (χ1) is 9.70. The van der Waals surface area contributed by atoms with E-state index in [1.807, 2.05) is 0 Å². The maximum Gasteiger partial charge on any atom is 0.241 e. The summed E-state index contributed by atoms with van der Waals surface area (Å²) in [6, 6.07) is 4.30. The Morgan fingerprint density at radius 1 is 1.45 bits per heavy atom. The van der Waals surface area contributed by atoms with E-state index in [0.29, 0.717) is 12.3 Å². The molecule has 0 bridgehead atoms. The smallest absolute Gasteiger partial charge is 0.241 e. The van der Waals surface area contributed by atoms with Crippen LogP contribution >= 0.6 is 0 Å². The summed E-state index contributed by atoms with van der Waals surface area (Å²) in [5.41, 5.74) is 0.460. The molecule has 0 saturated carbocycles. The predicted octanol–water partition coefficient (Wildman–Crippen LogP) is 2.70. The third-order valence-corrected chi connectivity index (χ3v) is 3.38. The lowest BCUT2D eigenvalue weighted by molar-refractivity contribution is -0.118. The van der Waals surface area contributed by atoms with Crippen LogP contribution in [0.1, 0.15) is 32.6 Å². The van der Waals surface area contributed by atoms with Crippen LogP contribution in [0.2, 0.25) is 0 Å². The van der Waals surface area contributed by atoms with Gasteiger partial charge in [0.15, 0.2) is 11.6 Å². The Labute approximate surface area is 118 Å². The zero-order valence-corrected chi connectivity index (χ0v) is 11.7. The fourth-order valence-corrected chi connectivity index (χ4v) is 2.33. The summed E-state index contributed by atoms with van der Waals surface area (Å²) in [7, 11) is 0. The summed E-state index contributed by atoms with van der Waals surface area (Å²) in [4.78, 5) is 12.1. The zero-order chi connectivity index (χ0) is 14.4. The van der Waals surface area contributed by atoms with E-state index in [9.17, 15) is 9.18 Å². The van der Waals surface area contributed by atoms with Gasteiger partial charge in [0.25, 0.3) is 0 Å². The van der Waals surface area contributed by atoms with Crippen molar-refractivity contribution >= 4 is 11.6 Å². The third-order valence-electron chi connectivity index (χ3n) is 3.38. The molecule has 110 valence electrons. The van der Waals surface area contributed by atoms with E-state index in [1.165, 1.54) is 12.1 Å². The maximum atomic E-state index is 13.7. The van der Waals surface area contributed by atoms with Crippen molar-refractivity contribution in [3.63, 3.8) is 0 Å². The molecule has 1 aromatic carbocycles. The molecule has 2 N–H and O–H groups in total. The summed E-state index contributed by atoms with van der Waals surface area (Å²) in [5, 5.41) is 5.97. The number of rotatable bonds is 4. The summed E-state index contributed by atoms with van der Waals surface area (Å²) < 4.78 is 18.8. The quantitative estimate of drug-likeness (QED) is 0.891. The molecule has 1 unspecified atom stereocenters. The average Bonchev–Trinajstić information content (AvgIpc) is 2.71. The molecule has 0 spiro atoms. The van der Waals surface area contributed by atoms with Crippen molar-refractivity contribution in [3.8, 4) is 5.75 Å². The molecule has 1 fully saturated rings. The summed E-state index contributed by atoms with van der Waals surface area (Å²) in [5.74, 6) is -0.355. The molecule has 20 heavy (non-hydrogen) atoms. The first kappa shape index (κ1) is 14.8. The van der Waals surface area contributed by atoms with Crippen LogP contribution in [-0.2, 0) is 4.79 Å². The second kappa shape index (κ2) is 7.24. The fraction of sp³-hybridized carbons (Fsp3) is 0.533. The Hall–Kier alpha value is -1.62. The number of halogens is 1. The number of amides is 1. The van der Waals surface area contributed by atoms with Crippen molar-refractivity contribution in [2.75, 3.05) is 18.5 Å². The number of hydrogen-bond donors (Lipinski definition) is 2. The SMILES string of the molecule is CCOc1ccc(NC(=O)C2CCCCCN2)cc1F. The minimum atomic E-state index is -0.460. The number of ether oxygens (including phenoxy) is 1. The molecule has 1 aromatic rings. The highest BCUT2D eigenvalue weighted by Gasteiger charge is 2.19. The second-order valence-electron chi connectivity index (χ2n) is 4.92. The minimum absolute atomic E-state index is 0.101. The highest BCUT2D eigenvalue weighted by molar-refractivity contribution is 5.94. The normalized spacial score (nSPS) is 19.2. The summed E-state index contributed by atoms with van der Waals surface area (Å²) in [6.45, 7) is 3.07. The van der Waals surface area contributed by atoms with Crippen LogP contribution in [-0.4, -0.2) is 25.1 Å². The summed E-state index contributed by atoms with van der Waals surface area (Å²) >= 11 is 0. The van der Waals surface area contributed by atoms with Crippen LogP contribution in [0.25, 0.3) is 0 Å². The first-order valence-electron chi connectivity index (χ1n) is 7.17. The van der Waals surface area contributed by atoms with Crippen LogP contribution in [0.5, 0.6) is 5.75 Å². The van der Waals surface area contributed by atoms with Crippen LogP contribution in [0.3, 0.4) is 0 Å². The summed E-state index contributed by atoms with van der Waals surface area (Å²) in [6.07, 6.45) is 4.12. The molecule has 0 aliphatic carbocycles. The molecule has 1 aliphatic rings. The standard InChI is InChI=1S/C15H21FN2O2/c1-2-20-14-8-7-11(10-12(14)16)18-15(19)13-6-4-3-5-9-17-13/h7-8,10,13,17H,2-6,9H2,1H3,(H,18,19). The molecule has 2 rings (SSSR count). The van der Waals surface area contributed by atoms with Gasteiger partial charge in [-0.2, -0.15) is 0 Å². The van der Waals surface area contributed by atoms with E-state index in [2.05, 4.69) is 10.6 Å². The van der Waals surface area contributed by atoms with Crippen molar-refractivity contribution in [2.24, 2.45) is 0 Å². The van der Waals surface area contributed by atoms with Crippen molar-refractivity contribution in [1.29, 1.82) is 0 Å². The number of hydrogen-bond acceptors (Lipinski definition) is 3. The fourth-order valence-electron chi connectivity index (χ4n) is 2.33. The van der Waals surface area contributed by atoms with E-state index in [0.717, 1.165) is 32.2 Å². The molecular weight excluding hydrogens is 259 g/mol. The van der Waals surface area contributed by atoms with Gasteiger partial charge in [0.2, 0.25) is 5.91 Å². The highest BCUT2D eigenvalue weighted by Crippen LogP contribution is 2.21. The van der Waals surface area contributed by atoms with Gasteiger partial charge in [0, 0.05) is 11.8 Å². The molecule has 1 heterocycles. The Balaban J connectivity index is 1.98. The first-order valence-corrected chi connectivity index (χ1v) is 7.17. The monoisotopic (exact) mass is 280 g/mol. The lowest BCUT2D eigenvalue weighted by Crippen LogP contribution is -2.39. The van der Waals surface area contributed by atoms with Gasteiger partial charge < -0.3 is 15.4 Å². The average molecular weight is 280 g/mol. The number of anilines is 1. The topological polar surface area (TPSA) is 50.4 Å². The van der Waals surface area contributed by atoms with Gasteiger partial charge in [-0.05, 0) is 38.4 Å². The Bertz CT molecular complexity index is 457. The van der Waals surface area contributed by atoms with Gasteiger partial charge in [0.05, 0.1) is 12.6 Å². The Morgan fingerprint density at radius 3 is 3.05 bits per heavy atom. The van der Waals surface area contributed by atoms with E-state index in [1.54, 1.807) is 13.0 Å². The van der Waals surface area contributed by atoms with Crippen LogP contribution < -0.4 is 15.4 Å². The van der Waals surface area contributed by atoms with E-state index in [-0.39, 0.29) is 17.7 Å². The Morgan fingerprint density at radius 2 is 2.30 bits per heavy atom. The number of nitrogens with one attached hydrogen (secondary N) is 2. The van der Waals surface area contributed by atoms with Crippen LogP contribution in [0, 0.1) is 5.82 Å². The molecule has 4 nitrogen and oxygen atoms in total. The van der Waals surface area contributed by atoms with Gasteiger partial charge in [-0.15, -0.1) is 0 Å². The number of benzene rings is 1. The lowest BCUT2D eigenvalue weighted by atomic mass is 10.1. The number of carbonyl (C=O) groups is 1. The highest BCUT2D eigenvalue weighted by atomic mass is 19.1. The van der Waals surface area contributed by atoms with E-state index >= 15 is 0 Å². The molecule has 1 saturated heterocycles. The zero-order valence-electron chi connectivity index (χ0n) is 11.7. The van der Waals surface area contributed by atoms with Gasteiger partial charge in [-0.25, -0.2) is 4.39 Å². The van der Waals surface area contributed by atoms with E-state index < -0.39 is 5.82 Å². The van der Waals surface area contributed by atoms with Crippen molar-refractivity contribution in [2.45, 2.75) is 38.6 Å². The predicted molar refractivity (Wildman–Crippen MR) is 76.5 cm³/mol. The van der Waals surface area contributed by atoms with Crippen molar-refractivity contribution < 1.29 is 13.9 Å². The molecule has 0 radical (unpaired) electrons. The van der Waals surface area contributed by atoms with Gasteiger partial charge in [-0.3, -0.25) is 4.79 Å². The van der Waals surface area contributed by atoms with Gasteiger partial charge >= 0.3 is 0 Å². The molecule has 1 amide bonds. The van der Waals surface area contributed by atoms with Crippen molar-refractivity contribution in [1.82, 2.24) is 5.32 Å². The molecule has 0 aromatic heterocycles.